The van der Waals surface area contributed by atoms with Crippen LogP contribution in [-0.4, -0.2) is 11.9 Å². The molecule has 1 aliphatic rings. The Bertz CT molecular complexity index is 769. The molecular formula is C19H15NO2. The van der Waals surface area contributed by atoms with Gasteiger partial charge < -0.3 is 4.74 Å². The molecule has 0 fully saturated rings. The topological polar surface area (TPSA) is 38.7 Å². The number of ether oxygens (including phenoxy) is 1. The molecule has 108 valence electrons. The number of hydrogen-bond donors (Lipinski definition) is 0. The molecule has 2 aromatic rings. The van der Waals surface area contributed by atoms with E-state index in [-0.39, 0.29) is 0 Å². The highest BCUT2D eigenvalue weighted by atomic mass is 16.6. The third kappa shape index (κ3) is 3.38. The van der Waals surface area contributed by atoms with Crippen LogP contribution in [0, 0.1) is 6.92 Å². The summed E-state index contributed by atoms with van der Waals surface area (Å²) in [5, 5.41) is 0. The maximum Gasteiger partial charge on any atom is 0.363 e. The van der Waals surface area contributed by atoms with Gasteiger partial charge in [0.05, 0.1) is 0 Å². The fourth-order valence-corrected chi connectivity index (χ4v) is 2.05. The Hall–Kier alpha value is -2.94. The lowest BCUT2D eigenvalue weighted by Gasteiger charge is -1.94. The summed E-state index contributed by atoms with van der Waals surface area (Å²) in [5.41, 5.74) is 3.47. The van der Waals surface area contributed by atoms with Gasteiger partial charge in [-0.25, -0.2) is 9.79 Å². The summed E-state index contributed by atoms with van der Waals surface area (Å²) in [5.74, 6) is -0.111. The summed E-state index contributed by atoms with van der Waals surface area (Å²) < 4.78 is 5.15. The molecular weight excluding hydrogens is 274 g/mol. The second-order valence-corrected chi connectivity index (χ2v) is 5.02. The number of carbonyl (C=O) groups excluding carboxylic acids is 1. The van der Waals surface area contributed by atoms with Gasteiger partial charge in [0.1, 0.15) is 0 Å². The first kappa shape index (κ1) is 14.0. The standard InChI is InChI=1S/C19H15NO2/c1-14-7-9-15(10-8-14)11-12-18-20-17(19(21)22-18)13-16-5-3-2-4-6-16/h2-13H,1H3/b12-11+,17-13-. The Morgan fingerprint density at radius 2 is 1.64 bits per heavy atom. The van der Waals surface area contributed by atoms with Crippen molar-refractivity contribution in [3.8, 4) is 0 Å². The predicted octanol–water partition coefficient (Wildman–Crippen LogP) is 4.00. The van der Waals surface area contributed by atoms with Gasteiger partial charge in [-0.15, -0.1) is 0 Å². The van der Waals surface area contributed by atoms with E-state index in [1.807, 2.05) is 67.6 Å². The van der Waals surface area contributed by atoms with E-state index in [2.05, 4.69) is 4.99 Å². The Morgan fingerprint density at radius 3 is 2.36 bits per heavy atom. The molecule has 0 atom stereocenters. The second kappa shape index (κ2) is 6.22. The Kier molecular flexibility index (Phi) is 3.97. The molecule has 0 amide bonds. The van der Waals surface area contributed by atoms with Crippen LogP contribution in [0.25, 0.3) is 12.2 Å². The van der Waals surface area contributed by atoms with Gasteiger partial charge in [-0.2, -0.15) is 0 Å². The van der Waals surface area contributed by atoms with E-state index in [1.54, 1.807) is 12.2 Å². The van der Waals surface area contributed by atoms with E-state index in [0.717, 1.165) is 11.1 Å². The molecule has 0 N–H and O–H groups in total. The summed E-state index contributed by atoms with van der Waals surface area (Å²) in [7, 11) is 0. The van der Waals surface area contributed by atoms with Crippen molar-refractivity contribution < 1.29 is 9.53 Å². The van der Waals surface area contributed by atoms with Crippen molar-refractivity contribution in [2.45, 2.75) is 6.92 Å². The van der Waals surface area contributed by atoms with Crippen molar-refractivity contribution in [1.82, 2.24) is 0 Å². The molecule has 0 radical (unpaired) electrons. The zero-order valence-electron chi connectivity index (χ0n) is 12.2. The lowest BCUT2D eigenvalue weighted by Crippen LogP contribution is -2.01. The van der Waals surface area contributed by atoms with Crippen LogP contribution in [0.3, 0.4) is 0 Å². The number of carbonyl (C=O) groups is 1. The van der Waals surface area contributed by atoms with Gasteiger partial charge in [-0.3, -0.25) is 0 Å². The smallest absolute Gasteiger partial charge is 0.363 e. The van der Waals surface area contributed by atoms with Crippen molar-refractivity contribution in [2.75, 3.05) is 0 Å². The van der Waals surface area contributed by atoms with Crippen molar-refractivity contribution in [2.24, 2.45) is 4.99 Å². The van der Waals surface area contributed by atoms with Gasteiger partial charge in [0.2, 0.25) is 5.90 Å². The lowest BCUT2D eigenvalue weighted by molar-refractivity contribution is -0.129. The monoisotopic (exact) mass is 289 g/mol. The van der Waals surface area contributed by atoms with Gasteiger partial charge in [-0.1, -0.05) is 60.2 Å². The molecule has 1 aliphatic heterocycles. The van der Waals surface area contributed by atoms with Gasteiger partial charge in [-0.05, 0) is 30.2 Å². The van der Waals surface area contributed by atoms with Crippen LogP contribution in [0.1, 0.15) is 16.7 Å². The fourth-order valence-electron chi connectivity index (χ4n) is 2.05. The van der Waals surface area contributed by atoms with Crippen molar-refractivity contribution in [3.05, 3.63) is 83.1 Å². The largest absolute Gasteiger partial charge is 0.403 e. The number of hydrogen-bond acceptors (Lipinski definition) is 3. The minimum atomic E-state index is -0.424. The number of benzene rings is 2. The average Bonchev–Trinajstić information content (AvgIpc) is 2.88. The first-order chi connectivity index (χ1) is 10.7. The van der Waals surface area contributed by atoms with Crippen LogP contribution in [0.15, 0.2) is 71.4 Å². The van der Waals surface area contributed by atoms with Gasteiger partial charge in [0.25, 0.3) is 0 Å². The summed E-state index contributed by atoms with van der Waals surface area (Å²) in [4.78, 5) is 16.0. The third-order valence-electron chi connectivity index (χ3n) is 3.24. The zero-order valence-corrected chi connectivity index (χ0v) is 12.2. The van der Waals surface area contributed by atoms with E-state index in [4.69, 9.17) is 4.74 Å². The molecule has 0 bridgehead atoms. The number of cyclic esters (lactones) is 1. The summed E-state index contributed by atoms with van der Waals surface area (Å²) in [6.45, 7) is 2.04. The zero-order chi connectivity index (χ0) is 15.4. The van der Waals surface area contributed by atoms with Gasteiger partial charge in [0.15, 0.2) is 5.70 Å². The summed E-state index contributed by atoms with van der Waals surface area (Å²) >= 11 is 0. The summed E-state index contributed by atoms with van der Waals surface area (Å²) in [6, 6.07) is 17.6. The second-order valence-electron chi connectivity index (χ2n) is 5.02. The number of aliphatic imine (C=N–C) groups is 1. The van der Waals surface area contributed by atoms with Crippen molar-refractivity contribution >= 4 is 24.0 Å². The summed E-state index contributed by atoms with van der Waals surface area (Å²) in [6.07, 6.45) is 5.29. The Morgan fingerprint density at radius 1 is 0.909 bits per heavy atom. The van der Waals surface area contributed by atoms with E-state index in [0.29, 0.717) is 11.6 Å². The minimum absolute atomic E-state index is 0.313. The van der Waals surface area contributed by atoms with Crippen molar-refractivity contribution in [1.29, 1.82) is 0 Å². The van der Waals surface area contributed by atoms with Crippen LogP contribution in [0.4, 0.5) is 0 Å². The van der Waals surface area contributed by atoms with E-state index >= 15 is 0 Å². The first-order valence-electron chi connectivity index (χ1n) is 7.03. The number of esters is 1. The highest BCUT2D eigenvalue weighted by Crippen LogP contribution is 2.16. The van der Waals surface area contributed by atoms with Crippen LogP contribution < -0.4 is 0 Å². The normalized spacial score (nSPS) is 16.1. The molecule has 3 heteroatoms. The lowest BCUT2D eigenvalue weighted by atomic mass is 10.1. The molecule has 0 saturated carbocycles. The highest BCUT2D eigenvalue weighted by Gasteiger charge is 2.20. The van der Waals surface area contributed by atoms with E-state index in [9.17, 15) is 4.79 Å². The van der Waals surface area contributed by atoms with Crippen LogP contribution >= 0.6 is 0 Å². The molecule has 3 rings (SSSR count). The van der Waals surface area contributed by atoms with E-state index < -0.39 is 5.97 Å². The van der Waals surface area contributed by atoms with Crippen molar-refractivity contribution in [3.63, 3.8) is 0 Å². The predicted molar refractivity (Wildman–Crippen MR) is 88.2 cm³/mol. The van der Waals surface area contributed by atoms with Crippen LogP contribution in [0.5, 0.6) is 0 Å². The van der Waals surface area contributed by atoms with Crippen LogP contribution in [-0.2, 0) is 9.53 Å². The Balaban J connectivity index is 1.78. The maximum absolute atomic E-state index is 11.8. The molecule has 0 spiro atoms. The molecule has 0 aromatic heterocycles. The molecule has 3 nitrogen and oxygen atoms in total. The number of rotatable bonds is 3. The SMILES string of the molecule is Cc1ccc(/C=C/C2=NC(=C\c3ccccc3)/C(=O)O2)cc1. The third-order valence-corrected chi connectivity index (χ3v) is 3.24. The van der Waals surface area contributed by atoms with Gasteiger partial charge in [0, 0.05) is 6.08 Å². The highest BCUT2D eigenvalue weighted by molar-refractivity contribution is 6.11. The van der Waals surface area contributed by atoms with Gasteiger partial charge >= 0.3 is 5.97 Å². The quantitative estimate of drug-likeness (QED) is 0.632. The number of nitrogens with zero attached hydrogens (tertiary/aromatic N) is 1. The molecule has 1 heterocycles. The molecule has 0 saturated heterocycles. The van der Waals surface area contributed by atoms with Crippen LogP contribution in [0.2, 0.25) is 0 Å². The minimum Gasteiger partial charge on any atom is -0.403 e. The molecule has 2 aromatic carbocycles. The molecule has 22 heavy (non-hydrogen) atoms. The maximum atomic E-state index is 11.8. The molecule has 0 unspecified atom stereocenters. The average molecular weight is 289 g/mol. The fraction of sp³-hybridized carbons (Fsp3) is 0.0526. The first-order valence-corrected chi connectivity index (χ1v) is 7.03. The number of aryl methyl sites for hydroxylation is 1. The molecule has 0 aliphatic carbocycles. The van der Waals surface area contributed by atoms with E-state index in [1.165, 1.54) is 5.56 Å². The Labute approximate surface area is 129 Å².